The number of nitrogens with zero attached hydrogens (tertiary/aromatic N) is 1. The van der Waals surface area contributed by atoms with Gasteiger partial charge in [0.25, 0.3) is 0 Å². The zero-order chi connectivity index (χ0) is 16.0. The van der Waals surface area contributed by atoms with Crippen molar-refractivity contribution in [1.82, 2.24) is 4.90 Å². The number of piperidine rings is 1. The smallest absolute Gasteiger partial charge is 0.115 e. The summed E-state index contributed by atoms with van der Waals surface area (Å²) in [4.78, 5) is 2.21. The van der Waals surface area contributed by atoms with Gasteiger partial charge in [-0.25, -0.2) is 0 Å². The maximum Gasteiger partial charge on any atom is 0.115 e. The molecule has 3 rings (SSSR count). The Balaban J connectivity index is 2.19. The first kappa shape index (κ1) is 15.1. The van der Waals surface area contributed by atoms with Crippen LogP contribution in [-0.4, -0.2) is 39.8 Å². The number of aromatic hydroxyl groups is 1. The number of phenols is 1. The van der Waals surface area contributed by atoms with Crippen molar-refractivity contribution in [3.05, 3.63) is 42.0 Å². The van der Waals surface area contributed by atoms with Gasteiger partial charge in [-0.15, -0.1) is 13.0 Å². The van der Waals surface area contributed by atoms with Crippen LogP contribution in [0.25, 0.3) is 0 Å². The Labute approximate surface area is 132 Å². The minimum absolute atomic E-state index is 0.00528. The van der Waals surface area contributed by atoms with Gasteiger partial charge in [-0.05, 0) is 49.4 Å². The molecule has 1 aromatic carbocycles. The van der Waals surface area contributed by atoms with Crippen molar-refractivity contribution in [1.29, 1.82) is 0 Å². The van der Waals surface area contributed by atoms with Crippen molar-refractivity contribution in [3.63, 3.8) is 0 Å². The number of aliphatic hydroxyl groups is 1. The molecule has 1 aliphatic carbocycles. The number of likely N-dealkylation sites (tertiary alicyclic amines) is 1. The minimum Gasteiger partial charge on any atom is -0.508 e. The molecule has 116 valence electrons. The van der Waals surface area contributed by atoms with Crippen molar-refractivity contribution < 1.29 is 10.2 Å². The van der Waals surface area contributed by atoms with Gasteiger partial charge in [-0.1, -0.05) is 18.1 Å². The molecule has 1 fully saturated rings. The second-order valence-corrected chi connectivity index (χ2v) is 6.71. The highest BCUT2D eigenvalue weighted by Gasteiger charge is 2.59. The maximum atomic E-state index is 11.4. The largest absolute Gasteiger partial charge is 0.508 e. The van der Waals surface area contributed by atoms with Crippen LogP contribution in [0.15, 0.2) is 30.9 Å². The summed E-state index contributed by atoms with van der Waals surface area (Å²) in [6.07, 6.45) is 9.63. The summed E-state index contributed by atoms with van der Waals surface area (Å²) in [6.45, 7) is 7.22. The van der Waals surface area contributed by atoms with Gasteiger partial charge in [0, 0.05) is 18.0 Å². The zero-order valence-electron chi connectivity index (χ0n) is 13.0. The van der Waals surface area contributed by atoms with Gasteiger partial charge < -0.3 is 10.2 Å². The van der Waals surface area contributed by atoms with E-state index < -0.39 is 11.0 Å². The molecule has 1 aliphatic heterocycles. The van der Waals surface area contributed by atoms with Crippen LogP contribution in [-0.2, 0) is 11.8 Å². The Kier molecular flexibility index (Phi) is 3.55. The van der Waals surface area contributed by atoms with Gasteiger partial charge in [-0.2, -0.15) is 0 Å². The number of phenolic OH excluding ortho intramolecular Hbond substituents is 1. The molecule has 0 saturated carbocycles. The highest BCUT2D eigenvalue weighted by molar-refractivity contribution is 5.47. The van der Waals surface area contributed by atoms with E-state index in [0.717, 1.165) is 24.9 Å². The second kappa shape index (κ2) is 5.15. The van der Waals surface area contributed by atoms with Crippen LogP contribution in [0.5, 0.6) is 5.75 Å². The van der Waals surface area contributed by atoms with Gasteiger partial charge in [0.05, 0.1) is 12.1 Å². The van der Waals surface area contributed by atoms with E-state index in [4.69, 9.17) is 6.42 Å². The summed E-state index contributed by atoms with van der Waals surface area (Å²) < 4.78 is 0. The van der Waals surface area contributed by atoms with E-state index in [1.807, 2.05) is 25.1 Å². The van der Waals surface area contributed by atoms with E-state index in [-0.39, 0.29) is 11.8 Å². The Hall–Kier alpha value is -1.76. The predicted octanol–water partition coefficient (Wildman–Crippen LogP) is 2.22. The number of terminal acetylenes is 1. The molecule has 2 aliphatic rings. The molecule has 0 amide bonds. The molecule has 3 nitrogen and oxygen atoms in total. The van der Waals surface area contributed by atoms with E-state index in [0.29, 0.717) is 13.0 Å². The topological polar surface area (TPSA) is 43.7 Å². The van der Waals surface area contributed by atoms with Crippen molar-refractivity contribution in [3.8, 4) is 18.1 Å². The summed E-state index contributed by atoms with van der Waals surface area (Å²) in [5, 5.41) is 21.4. The maximum absolute atomic E-state index is 11.4. The molecule has 1 saturated heterocycles. The molecule has 0 aromatic heterocycles. The van der Waals surface area contributed by atoms with Crippen LogP contribution in [0.4, 0.5) is 0 Å². The zero-order valence-corrected chi connectivity index (χ0v) is 13.0. The fraction of sp³-hybridized carbons (Fsp3) is 0.474. The monoisotopic (exact) mass is 297 g/mol. The Morgan fingerprint density at radius 1 is 1.55 bits per heavy atom. The lowest BCUT2D eigenvalue weighted by Gasteiger charge is -2.60. The molecule has 0 radical (unpaired) electrons. The molecule has 1 aromatic rings. The SMILES string of the molecule is C#CCN1CC[C@@]2(CC=C)c3cc(O)ccc3C[C@@H]1[C@@]2(C)O. The number of rotatable bonds is 3. The first-order valence-electron chi connectivity index (χ1n) is 7.79. The normalized spacial score (nSPS) is 33.8. The summed E-state index contributed by atoms with van der Waals surface area (Å²) in [5.41, 5.74) is 0.945. The van der Waals surface area contributed by atoms with E-state index in [1.54, 1.807) is 6.07 Å². The van der Waals surface area contributed by atoms with Crippen LogP contribution in [0.1, 0.15) is 30.9 Å². The van der Waals surface area contributed by atoms with Crippen molar-refractivity contribution in [2.24, 2.45) is 0 Å². The number of hydrogen-bond donors (Lipinski definition) is 2. The summed E-state index contributed by atoms with van der Waals surface area (Å²) >= 11 is 0. The molecule has 0 spiro atoms. The molecule has 2 N–H and O–H groups in total. The highest BCUT2D eigenvalue weighted by Crippen LogP contribution is 2.53. The van der Waals surface area contributed by atoms with Crippen LogP contribution in [0.3, 0.4) is 0 Å². The van der Waals surface area contributed by atoms with Crippen molar-refractivity contribution in [2.75, 3.05) is 13.1 Å². The molecular formula is C19H23NO2. The Morgan fingerprint density at radius 2 is 2.32 bits per heavy atom. The number of hydrogen-bond acceptors (Lipinski definition) is 3. The predicted molar refractivity (Wildman–Crippen MR) is 87.7 cm³/mol. The van der Waals surface area contributed by atoms with Crippen LogP contribution < -0.4 is 0 Å². The van der Waals surface area contributed by atoms with Crippen LogP contribution >= 0.6 is 0 Å². The average Bonchev–Trinajstić information content (AvgIpc) is 2.46. The Morgan fingerprint density at radius 3 is 3.00 bits per heavy atom. The summed E-state index contributed by atoms with van der Waals surface area (Å²) in [7, 11) is 0. The number of allylic oxidation sites excluding steroid dienone is 1. The quantitative estimate of drug-likeness (QED) is 0.664. The minimum atomic E-state index is -0.906. The van der Waals surface area contributed by atoms with E-state index in [2.05, 4.69) is 17.4 Å². The third-order valence-electron chi connectivity index (χ3n) is 5.69. The average molecular weight is 297 g/mol. The lowest BCUT2D eigenvalue weighted by molar-refractivity contribution is -0.130. The lowest BCUT2D eigenvalue weighted by atomic mass is 9.54. The molecule has 3 heteroatoms. The molecule has 22 heavy (non-hydrogen) atoms. The molecule has 0 unspecified atom stereocenters. The van der Waals surface area contributed by atoms with E-state index in [9.17, 15) is 10.2 Å². The van der Waals surface area contributed by atoms with Crippen LogP contribution in [0, 0.1) is 12.3 Å². The van der Waals surface area contributed by atoms with Gasteiger partial charge >= 0.3 is 0 Å². The molecule has 2 bridgehead atoms. The van der Waals surface area contributed by atoms with Gasteiger partial charge in [0.2, 0.25) is 0 Å². The third kappa shape index (κ3) is 1.91. The fourth-order valence-corrected chi connectivity index (χ4v) is 4.52. The van der Waals surface area contributed by atoms with Crippen LogP contribution in [0.2, 0.25) is 0 Å². The third-order valence-corrected chi connectivity index (χ3v) is 5.69. The molecule has 3 atom stereocenters. The fourth-order valence-electron chi connectivity index (χ4n) is 4.52. The van der Waals surface area contributed by atoms with Gasteiger partial charge in [0.15, 0.2) is 0 Å². The standard InChI is InChI=1S/C19H23NO2/c1-4-8-19-9-11-20(10-5-2)17(18(19,3)22)12-14-6-7-15(21)13-16(14)19/h2,4,6-7,13,17,21-22H,1,8-12H2,3H3/t17-,18-,19+/m1/s1. The lowest BCUT2D eigenvalue weighted by Crippen LogP contribution is -2.70. The summed E-state index contributed by atoms with van der Waals surface area (Å²) in [5.74, 6) is 2.96. The van der Waals surface area contributed by atoms with Gasteiger partial charge in [-0.3, -0.25) is 4.90 Å². The summed E-state index contributed by atoms with van der Waals surface area (Å²) in [6, 6.07) is 5.51. The van der Waals surface area contributed by atoms with Crippen molar-refractivity contribution in [2.45, 2.75) is 43.2 Å². The first-order valence-corrected chi connectivity index (χ1v) is 7.79. The number of fused-ring (bicyclic) bond motifs is 4. The molecular weight excluding hydrogens is 274 g/mol. The Bertz CT molecular complexity index is 643. The van der Waals surface area contributed by atoms with Crippen molar-refractivity contribution >= 4 is 0 Å². The number of benzene rings is 1. The first-order chi connectivity index (χ1) is 10.5. The molecule has 1 heterocycles. The second-order valence-electron chi connectivity index (χ2n) is 6.71. The van der Waals surface area contributed by atoms with E-state index in [1.165, 1.54) is 5.56 Å². The van der Waals surface area contributed by atoms with Gasteiger partial charge in [0.1, 0.15) is 5.75 Å². The van der Waals surface area contributed by atoms with E-state index >= 15 is 0 Å². The highest BCUT2D eigenvalue weighted by atomic mass is 16.3.